The minimum Gasteiger partial charge on any atom is -0.397 e. The minimum absolute atomic E-state index is 0.131. The van der Waals surface area contributed by atoms with Crippen LogP contribution in [0, 0.1) is 0 Å². The molecule has 1 atom stereocenters. The Morgan fingerprint density at radius 2 is 1.11 bits per heavy atom. The first kappa shape index (κ1) is 26.3. The average Bonchev–Trinajstić information content (AvgIpc) is 3.39. The van der Waals surface area contributed by atoms with E-state index in [1.807, 2.05) is 14.2 Å². The number of hydrogen-bond acceptors (Lipinski definition) is 4. The van der Waals surface area contributed by atoms with Crippen molar-refractivity contribution in [3.05, 3.63) is 0 Å². The number of rotatable bonds is 8. The molecular formula is C22H48O4Si2. The summed E-state index contributed by atoms with van der Waals surface area (Å²) in [6, 6.07) is 0. The van der Waals surface area contributed by atoms with E-state index in [9.17, 15) is 0 Å². The Hall–Kier alpha value is 0.274. The summed E-state index contributed by atoms with van der Waals surface area (Å²) >= 11 is 0. The molecule has 0 heterocycles. The monoisotopic (exact) mass is 432 g/mol. The Kier molecular flexibility index (Phi) is 10.9. The Balaban J connectivity index is 0.000000284. The second-order valence-electron chi connectivity index (χ2n) is 9.73. The van der Waals surface area contributed by atoms with Gasteiger partial charge in [0.25, 0.3) is 0 Å². The highest BCUT2D eigenvalue weighted by molar-refractivity contribution is 6.72. The molecule has 4 nitrogen and oxygen atoms in total. The van der Waals surface area contributed by atoms with Crippen molar-refractivity contribution in [2.24, 2.45) is 0 Å². The smallest absolute Gasteiger partial charge is 0.346 e. The first-order chi connectivity index (χ1) is 13.2. The van der Waals surface area contributed by atoms with Gasteiger partial charge >= 0.3 is 17.1 Å². The standard InChI is InChI=1S/C12H24O2Si.C10H24O2Si/c1-13-15(14-2,11-7-3-4-8-11)12-9-5-6-10-12;1-8-9(2)13(11-6,12-7)10(3,4)5/h11-12H,3-10H2,1-2H3;9H,8H2,1-7H3. The highest BCUT2D eigenvalue weighted by Gasteiger charge is 2.52. The van der Waals surface area contributed by atoms with E-state index in [0.29, 0.717) is 5.54 Å². The predicted molar refractivity (Wildman–Crippen MR) is 123 cm³/mol. The van der Waals surface area contributed by atoms with Gasteiger partial charge in [-0.1, -0.05) is 66.7 Å². The first-order valence-corrected chi connectivity index (χ1v) is 15.3. The lowest BCUT2D eigenvalue weighted by Gasteiger charge is -2.42. The van der Waals surface area contributed by atoms with Crippen LogP contribution in [-0.4, -0.2) is 45.6 Å². The molecule has 1 unspecified atom stereocenters. The molecule has 0 aromatic carbocycles. The van der Waals surface area contributed by atoms with Crippen molar-refractivity contribution in [1.82, 2.24) is 0 Å². The molecule has 6 heteroatoms. The van der Waals surface area contributed by atoms with Crippen molar-refractivity contribution in [3.63, 3.8) is 0 Å². The largest absolute Gasteiger partial charge is 0.397 e. The van der Waals surface area contributed by atoms with Crippen LogP contribution in [0.5, 0.6) is 0 Å². The third kappa shape index (κ3) is 5.49. The summed E-state index contributed by atoms with van der Waals surface area (Å²) < 4.78 is 23.4. The van der Waals surface area contributed by atoms with Crippen LogP contribution >= 0.6 is 0 Å². The summed E-state index contributed by atoms with van der Waals surface area (Å²) in [6.45, 7) is 11.0. The lowest BCUT2D eigenvalue weighted by Crippen LogP contribution is -2.52. The van der Waals surface area contributed by atoms with Crippen LogP contribution in [0.4, 0.5) is 0 Å². The zero-order valence-electron chi connectivity index (χ0n) is 20.2. The van der Waals surface area contributed by atoms with Crippen molar-refractivity contribution in [3.8, 4) is 0 Å². The second kappa shape index (κ2) is 11.6. The molecule has 0 spiro atoms. The summed E-state index contributed by atoms with van der Waals surface area (Å²) in [7, 11) is 3.43. The van der Waals surface area contributed by atoms with E-state index in [0.717, 1.165) is 17.5 Å². The molecule has 0 saturated heterocycles. The van der Waals surface area contributed by atoms with Gasteiger partial charge in [0, 0.05) is 50.1 Å². The van der Waals surface area contributed by atoms with E-state index in [-0.39, 0.29) is 5.04 Å². The normalized spacial score (nSPS) is 20.9. The molecule has 2 rings (SSSR count). The van der Waals surface area contributed by atoms with E-state index in [2.05, 4.69) is 34.6 Å². The van der Waals surface area contributed by atoms with E-state index >= 15 is 0 Å². The summed E-state index contributed by atoms with van der Waals surface area (Å²) in [5.41, 5.74) is 2.08. The predicted octanol–water partition coefficient (Wildman–Crippen LogP) is 6.93. The average molecular weight is 433 g/mol. The lowest BCUT2D eigenvalue weighted by atomic mass is 10.2. The van der Waals surface area contributed by atoms with Crippen LogP contribution in [0.3, 0.4) is 0 Å². The molecule has 2 saturated carbocycles. The maximum Gasteiger partial charge on any atom is 0.346 e. The van der Waals surface area contributed by atoms with E-state index in [4.69, 9.17) is 17.7 Å². The highest BCUT2D eigenvalue weighted by atomic mass is 28.4. The van der Waals surface area contributed by atoms with Crippen molar-refractivity contribution in [2.75, 3.05) is 28.4 Å². The molecule has 2 fully saturated rings. The Labute approximate surface area is 177 Å². The topological polar surface area (TPSA) is 36.9 Å². The fourth-order valence-corrected chi connectivity index (χ4v) is 14.7. The van der Waals surface area contributed by atoms with Crippen molar-refractivity contribution in [1.29, 1.82) is 0 Å². The summed E-state index contributed by atoms with van der Waals surface area (Å²) in [4.78, 5) is 0. The van der Waals surface area contributed by atoms with Gasteiger partial charge in [-0.2, -0.15) is 0 Å². The first-order valence-electron chi connectivity index (χ1n) is 11.4. The zero-order valence-corrected chi connectivity index (χ0v) is 22.2. The third-order valence-corrected chi connectivity index (χ3v) is 17.1. The highest BCUT2D eigenvalue weighted by Crippen LogP contribution is 2.50. The molecule has 0 amide bonds. The molecule has 0 radical (unpaired) electrons. The van der Waals surface area contributed by atoms with Gasteiger partial charge in [-0.3, -0.25) is 0 Å². The quantitative estimate of drug-likeness (QED) is 0.390. The Bertz CT molecular complexity index is 401. The minimum atomic E-state index is -2.05. The molecule has 0 N–H and O–H groups in total. The molecular weight excluding hydrogens is 384 g/mol. The van der Waals surface area contributed by atoms with Gasteiger partial charge in [-0.25, -0.2) is 0 Å². The van der Waals surface area contributed by atoms with Gasteiger partial charge in [0.05, 0.1) is 0 Å². The van der Waals surface area contributed by atoms with Gasteiger partial charge in [0.15, 0.2) is 0 Å². The van der Waals surface area contributed by atoms with Crippen LogP contribution in [0.15, 0.2) is 0 Å². The van der Waals surface area contributed by atoms with E-state index in [1.54, 1.807) is 14.2 Å². The van der Waals surface area contributed by atoms with Crippen LogP contribution in [-0.2, 0) is 17.7 Å². The van der Waals surface area contributed by atoms with Crippen LogP contribution < -0.4 is 0 Å². The fraction of sp³-hybridized carbons (Fsp3) is 1.00. The number of hydrogen-bond donors (Lipinski definition) is 0. The van der Waals surface area contributed by atoms with Gasteiger partial charge in [0.1, 0.15) is 0 Å². The Morgan fingerprint density at radius 1 is 0.750 bits per heavy atom. The van der Waals surface area contributed by atoms with Gasteiger partial charge in [-0.15, -0.1) is 0 Å². The molecule has 168 valence electrons. The summed E-state index contributed by atoms with van der Waals surface area (Å²) in [5.74, 6) is 0. The molecule has 0 bridgehead atoms. The van der Waals surface area contributed by atoms with Crippen molar-refractivity contribution in [2.45, 2.75) is 114 Å². The summed E-state index contributed by atoms with van der Waals surface area (Å²) in [5, 5.41) is 0.131. The van der Waals surface area contributed by atoms with Gasteiger partial charge in [0.2, 0.25) is 0 Å². The molecule has 0 aromatic rings. The van der Waals surface area contributed by atoms with Gasteiger partial charge in [-0.05, 0) is 25.7 Å². The van der Waals surface area contributed by atoms with Crippen LogP contribution in [0.1, 0.15) is 92.4 Å². The van der Waals surface area contributed by atoms with E-state index < -0.39 is 17.1 Å². The summed E-state index contributed by atoms with van der Waals surface area (Å²) in [6.07, 6.45) is 12.1. The molecule has 2 aliphatic carbocycles. The SMILES string of the molecule is CCC(C)[Si](OC)(OC)C(C)(C)C.CO[Si](OC)(C1CCCC1)C1CCCC1. The molecule has 28 heavy (non-hydrogen) atoms. The maximum atomic E-state index is 5.97. The second-order valence-corrected chi connectivity index (χ2v) is 18.3. The molecule has 0 aliphatic heterocycles. The Morgan fingerprint density at radius 3 is 1.29 bits per heavy atom. The fourth-order valence-electron chi connectivity index (χ4n) is 5.85. The van der Waals surface area contributed by atoms with Crippen LogP contribution in [0.2, 0.25) is 21.7 Å². The van der Waals surface area contributed by atoms with E-state index in [1.165, 1.54) is 51.4 Å². The zero-order chi connectivity index (χ0) is 21.4. The molecule has 2 aliphatic rings. The maximum absolute atomic E-state index is 5.97. The van der Waals surface area contributed by atoms with Crippen molar-refractivity contribution >= 4 is 17.1 Å². The third-order valence-electron chi connectivity index (χ3n) is 7.40. The van der Waals surface area contributed by atoms with Gasteiger partial charge < -0.3 is 17.7 Å². The van der Waals surface area contributed by atoms with Crippen LogP contribution in [0.25, 0.3) is 0 Å². The van der Waals surface area contributed by atoms with Crippen molar-refractivity contribution < 1.29 is 17.7 Å². The molecule has 0 aromatic heterocycles. The lowest BCUT2D eigenvalue weighted by molar-refractivity contribution is 0.201.